The van der Waals surface area contributed by atoms with Gasteiger partial charge in [0.15, 0.2) is 6.61 Å². The molecule has 0 fully saturated rings. The van der Waals surface area contributed by atoms with Crippen molar-refractivity contribution in [2.24, 2.45) is 0 Å². The number of carbonyl (C=O) groups is 1. The van der Waals surface area contributed by atoms with Crippen LogP contribution in [-0.4, -0.2) is 26.0 Å². The molecule has 0 bridgehead atoms. The van der Waals surface area contributed by atoms with Crippen molar-refractivity contribution < 1.29 is 19.0 Å². The van der Waals surface area contributed by atoms with E-state index in [2.05, 4.69) is 20.4 Å². The third-order valence-electron chi connectivity index (χ3n) is 4.58. The first-order valence-electron chi connectivity index (χ1n) is 9.67. The first kappa shape index (κ1) is 21.9. The number of anilines is 1. The van der Waals surface area contributed by atoms with Crippen LogP contribution in [0.4, 0.5) is 11.4 Å². The molecule has 4 aromatic rings. The summed E-state index contributed by atoms with van der Waals surface area (Å²) in [6.07, 6.45) is 3.18. The summed E-state index contributed by atoms with van der Waals surface area (Å²) in [5.74, 6) is -0.425. The Hall–Kier alpha value is -4.31. The van der Waals surface area contributed by atoms with Gasteiger partial charge in [-0.3, -0.25) is 15.1 Å². The standard InChI is InChI=1S/C22H16ClN5O5/c23-18-6-2-1-4-14(18)12-25-19-8-7-16(28(30)31)10-17(19)22(29)32-13-20-26-21(27-33-20)15-5-3-9-24-11-15/h1-11,25H,12-13H2. The highest BCUT2D eigenvalue weighted by Crippen LogP contribution is 2.25. The third kappa shape index (κ3) is 5.31. The molecule has 0 unspecified atom stereocenters. The molecular formula is C22H16ClN5O5. The molecule has 0 atom stereocenters. The van der Waals surface area contributed by atoms with Crippen LogP contribution in [0.2, 0.25) is 5.02 Å². The molecule has 0 saturated carbocycles. The zero-order chi connectivity index (χ0) is 23.2. The van der Waals surface area contributed by atoms with Crippen molar-refractivity contribution in [2.45, 2.75) is 13.2 Å². The van der Waals surface area contributed by atoms with Gasteiger partial charge in [-0.1, -0.05) is 35.0 Å². The number of hydrogen-bond donors (Lipinski definition) is 1. The number of esters is 1. The van der Waals surface area contributed by atoms with E-state index in [9.17, 15) is 14.9 Å². The van der Waals surface area contributed by atoms with E-state index in [4.69, 9.17) is 20.9 Å². The van der Waals surface area contributed by atoms with Gasteiger partial charge >= 0.3 is 5.97 Å². The van der Waals surface area contributed by atoms with Crippen LogP contribution in [0.3, 0.4) is 0 Å². The average molecular weight is 466 g/mol. The molecule has 2 aromatic heterocycles. The Kier molecular flexibility index (Phi) is 6.56. The molecule has 33 heavy (non-hydrogen) atoms. The number of nitro groups is 1. The number of pyridine rings is 1. The van der Waals surface area contributed by atoms with E-state index in [1.54, 1.807) is 36.7 Å². The molecule has 2 aromatic carbocycles. The lowest BCUT2D eigenvalue weighted by molar-refractivity contribution is -0.384. The molecule has 2 heterocycles. The highest BCUT2D eigenvalue weighted by molar-refractivity contribution is 6.31. The lowest BCUT2D eigenvalue weighted by atomic mass is 10.1. The van der Waals surface area contributed by atoms with Crippen molar-refractivity contribution in [2.75, 3.05) is 5.32 Å². The largest absolute Gasteiger partial charge is 0.452 e. The van der Waals surface area contributed by atoms with Crippen LogP contribution in [0, 0.1) is 10.1 Å². The number of hydrogen-bond acceptors (Lipinski definition) is 9. The number of aromatic nitrogens is 3. The van der Waals surface area contributed by atoms with Crippen LogP contribution in [0.25, 0.3) is 11.4 Å². The Morgan fingerprint density at radius 2 is 2.03 bits per heavy atom. The molecule has 1 N–H and O–H groups in total. The number of non-ortho nitro benzene ring substituents is 1. The second kappa shape index (κ2) is 9.88. The first-order valence-corrected chi connectivity index (χ1v) is 10.0. The summed E-state index contributed by atoms with van der Waals surface area (Å²) in [4.78, 5) is 31.5. The number of benzene rings is 2. The van der Waals surface area contributed by atoms with Gasteiger partial charge in [0.25, 0.3) is 11.6 Å². The SMILES string of the molecule is O=C(OCc1nc(-c2cccnc2)no1)c1cc([N+](=O)[O-])ccc1NCc1ccccc1Cl. The molecule has 11 heteroatoms. The van der Waals surface area contributed by atoms with E-state index >= 15 is 0 Å². The Morgan fingerprint density at radius 3 is 2.79 bits per heavy atom. The minimum Gasteiger partial charge on any atom is -0.452 e. The van der Waals surface area contributed by atoms with Crippen molar-refractivity contribution in [3.63, 3.8) is 0 Å². The van der Waals surface area contributed by atoms with Gasteiger partial charge in [0.05, 0.1) is 10.5 Å². The van der Waals surface area contributed by atoms with Crippen molar-refractivity contribution >= 4 is 28.9 Å². The smallest absolute Gasteiger partial charge is 0.341 e. The Morgan fingerprint density at radius 1 is 1.18 bits per heavy atom. The molecule has 0 amide bonds. The lowest BCUT2D eigenvalue weighted by Crippen LogP contribution is -2.11. The highest BCUT2D eigenvalue weighted by atomic mass is 35.5. The number of nitrogens with one attached hydrogen (secondary N) is 1. The fraction of sp³-hybridized carbons (Fsp3) is 0.0909. The van der Waals surface area contributed by atoms with Crippen molar-refractivity contribution in [3.8, 4) is 11.4 Å². The van der Waals surface area contributed by atoms with E-state index in [0.29, 0.717) is 28.6 Å². The van der Waals surface area contributed by atoms with Gasteiger partial charge in [0.1, 0.15) is 0 Å². The Balaban J connectivity index is 1.49. The van der Waals surface area contributed by atoms with E-state index in [-0.39, 0.29) is 23.7 Å². The maximum Gasteiger partial charge on any atom is 0.341 e. The number of rotatable bonds is 8. The number of carbonyl (C=O) groups excluding carboxylic acids is 1. The molecule has 0 aliphatic carbocycles. The summed E-state index contributed by atoms with van der Waals surface area (Å²) in [5, 5.41) is 18.7. The van der Waals surface area contributed by atoms with Crippen LogP contribution in [0.15, 0.2) is 71.5 Å². The van der Waals surface area contributed by atoms with Gasteiger partial charge < -0.3 is 14.6 Å². The van der Waals surface area contributed by atoms with Gasteiger partial charge in [0, 0.05) is 47.3 Å². The second-order valence-electron chi connectivity index (χ2n) is 6.76. The molecule has 166 valence electrons. The van der Waals surface area contributed by atoms with Crippen LogP contribution in [0.1, 0.15) is 21.8 Å². The highest BCUT2D eigenvalue weighted by Gasteiger charge is 2.20. The predicted molar refractivity (Wildman–Crippen MR) is 119 cm³/mol. The Labute approximate surface area is 192 Å². The molecule has 0 saturated heterocycles. The predicted octanol–water partition coefficient (Wildman–Crippen LogP) is 4.66. The zero-order valence-corrected chi connectivity index (χ0v) is 17.7. The van der Waals surface area contributed by atoms with Crippen molar-refractivity contribution in [3.05, 3.63) is 99.1 Å². The normalized spacial score (nSPS) is 10.6. The number of ether oxygens (including phenoxy) is 1. The van der Waals surface area contributed by atoms with Gasteiger partial charge in [-0.15, -0.1) is 0 Å². The summed E-state index contributed by atoms with van der Waals surface area (Å²) >= 11 is 6.18. The minimum atomic E-state index is -0.790. The maximum absolute atomic E-state index is 12.8. The molecule has 0 spiro atoms. The fourth-order valence-electron chi connectivity index (χ4n) is 2.93. The van der Waals surface area contributed by atoms with E-state index in [1.807, 2.05) is 12.1 Å². The summed E-state index contributed by atoms with van der Waals surface area (Å²) in [6, 6.07) is 14.6. The zero-order valence-electron chi connectivity index (χ0n) is 17.0. The van der Waals surface area contributed by atoms with Crippen LogP contribution >= 0.6 is 11.6 Å². The van der Waals surface area contributed by atoms with Gasteiger partial charge in [-0.2, -0.15) is 4.98 Å². The number of halogens is 1. The monoisotopic (exact) mass is 465 g/mol. The second-order valence-corrected chi connectivity index (χ2v) is 7.17. The average Bonchev–Trinajstić information content (AvgIpc) is 3.31. The Bertz CT molecular complexity index is 1300. The van der Waals surface area contributed by atoms with Gasteiger partial charge in [-0.05, 0) is 29.8 Å². The summed E-state index contributed by atoms with van der Waals surface area (Å²) in [7, 11) is 0. The molecule has 0 aliphatic heterocycles. The lowest BCUT2D eigenvalue weighted by Gasteiger charge is -2.12. The van der Waals surface area contributed by atoms with Crippen molar-refractivity contribution in [1.82, 2.24) is 15.1 Å². The molecule has 4 rings (SSSR count). The van der Waals surface area contributed by atoms with Crippen LogP contribution in [0.5, 0.6) is 0 Å². The van der Waals surface area contributed by atoms with Crippen molar-refractivity contribution in [1.29, 1.82) is 0 Å². The summed E-state index contributed by atoms with van der Waals surface area (Å²) in [6.45, 7) is -0.00532. The molecule has 0 radical (unpaired) electrons. The quantitative estimate of drug-likeness (QED) is 0.224. The van der Waals surface area contributed by atoms with E-state index in [1.165, 1.54) is 12.1 Å². The molecule has 10 nitrogen and oxygen atoms in total. The summed E-state index contributed by atoms with van der Waals surface area (Å²) < 4.78 is 10.4. The van der Waals surface area contributed by atoms with E-state index < -0.39 is 10.9 Å². The first-order chi connectivity index (χ1) is 16.0. The molecular weight excluding hydrogens is 450 g/mol. The van der Waals surface area contributed by atoms with Gasteiger partial charge in [0.2, 0.25) is 5.82 Å². The fourth-order valence-corrected chi connectivity index (χ4v) is 3.13. The number of nitro benzene ring substituents is 1. The molecule has 0 aliphatic rings. The third-order valence-corrected chi connectivity index (χ3v) is 4.94. The van der Waals surface area contributed by atoms with Crippen LogP contribution in [-0.2, 0) is 17.9 Å². The van der Waals surface area contributed by atoms with Crippen LogP contribution < -0.4 is 5.32 Å². The van der Waals surface area contributed by atoms with Gasteiger partial charge in [-0.25, -0.2) is 4.79 Å². The minimum absolute atomic E-state index is 0.0109. The topological polar surface area (TPSA) is 133 Å². The number of nitrogens with zero attached hydrogens (tertiary/aromatic N) is 4. The van der Waals surface area contributed by atoms with E-state index in [0.717, 1.165) is 11.6 Å². The maximum atomic E-state index is 12.8. The summed E-state index contributed by atoms with van der Waals surface area (Å²) in [5.41, 5.74) is 1.53.